The van der Waals surface area contributed by atoms with Crippen molar-refractivity contribution in [3.05, 3.63) is 30.1 Å². The molecule has 2 saturated heterocycles. The highest BCUT2D eigenvalue weighted by Gasteiger charge is 2.38. The van der Waals surface area contributed by atoms with E-state index in [1.807, 2.05) is 0 Å². The number of aliphatic hydroxyl groups excluding tert-OH is 1. The van der Waals surface area contributed by atoms with Crippen LogP contribution < -0.4 is 0 Å². The van der Waals surface area contributed by atoms with Gasteiger partial charge in [0.05, 0.1) is 12.1 Å². The maximum atomic E-state index is 12.4. The van der Waals surface area contributed by atoms with E-state index in [1.165, 1.54) is 19.3 Å². The van der Waals surface area contributed by atoms with Crippen molar-refractivity contribution in [1.29, 1.82) is 0 Å². The second-order valence-corrected chi connectivity index (χ2v) is 5.68. The molecule has 0 radical (unpaired) electrons. The third-order valence-electron chi connectivity index (χ3n) is 4.33. The maximum absolute atomic E-state index is 12.4. The molecule has 0 aliphatic carbocycles. The van der Waals surface area contributed by atoms with Gasteiger partial charge in [-0.25, -0.2) is 0 Å². The number of likely N-dealkylation sites (tertiary alicyclic amines) is 2. The lowest BCUT2D eigenvalue weighted by Gasteiger charge is -2.33. The molecule has 2 fully saturated rings. The van der Waals surface area contributed by atoms with E-state index in [-0.39, 0.29) is 11.9 Å². The molecule has 2 aliphatic rings. The second-order valence-electron chi connectivity index (χ2n) is 5.68. The normalized spacial score (nSPS) is 27.8. The van der Waals surface area contributed by atoms with Crippen molar-refractivity contribution in [1.82, 2.24) is 14.8 Å². The van der Waals surface area contributed by atoms with Crippen LogP contribution in [0.5, 0.6) is 0 Å². The number of hydrogen-bond acceptors (Lipinski definition) is 4. The first-order valence-corrected chi connectivity index (χ1v) is 7.37. The molecule has 20 heavy (non-hydrogen) atoms. The third-order valence-corrected chi connectivity index (χ3v) is 4.33. The van der Waals surface area contributed by atoms with E-state index >= 15 is 0 Å². The van der Waals surface area contributed by atoms with Gasteiger partial charge in [0.2, 0.25) is 0 Å². The van der Waals surface area contributed by atoms with E-state index in [9.17, 15) is 9.90 Å². The zero-order valence-corrected chi connectivity index (χ0v) is 11.6. The Hall–Kier alpha value is -1.46. The van der Waals surface area contributed by atoms with Crippen LogP contribution >= 0.6 is 0 Å². The Morgan fingerprint density at radius 3 is 2.55 bits per heavy atom. The highest BCUT2D eigenvalue weighted by Crippen LogP contribution is 2.22. The predicted molar refractivity (Wildman–Crippen MR) is 75.4 cm³/mol. The molecule has 2 atom stereocenters. The SMILES string of the molecule is O=C(c1ccncc1)N1C[C@@H](O)[C@H](N2CCCCC2)C1. The van der Waals surface area contributed by atoms with Crippen LogP contribution in [0.15, 0.2) is 24.5 Å². The molecule has 2 aliphatic heterocycles. The molecule has 0 aromatic carbocycles. The molecule has 3 rings (SSSR count). The van der Waals surface area contributed by atoms with E-state index in [2.05, 4.69) is 9.88 Å². The van der Waals surface area contributed by atoms with Gasteiger partial charge in [0.15, 0.2) is 0 Å². The summed E-state index contributed by atoms with van der Waals surface area (Å²) in [6.45, 7) is 3.14. The molecule has 1 aromatic rings. The standard InChI is InChI=1S/C15H21N3O2/c19-14-11-18(15(20)12-4-6-16-7-5-12)10-13(14)17-8-2-1-3-9-17/h4-7,13-14,19H,1-3,8-11H2/t13-,14-/m1/s1. The Morgan fingerprint density at radius 1 is 1.15 bits per heavy atom. The summed E-state index contributed by atoms with van der Waals surface area (Å²) >= 11 is 0. The fourth-order valence-corrected chi connectivity index (χ4v) is 3.22. The average molecular weight is 275 g/mol. The molecule has 5 heteroatoms. The highest BCUT2D eigenvalue weighted by atomic mass is 16.3. The molecular formula is C15H21N3O2. The Balaban J connectivity index is 1.67. The fraction of sp³-hybridized carbons (Fsp3) is 0.600. The Kier molecular flexibility index (Phi) is 3.98. The monoisotopic (exact) mass is 275 g/mol. The largest absolute Gasteiger partial charge is 0.390 e. The summed E-state index contributed by atoms with van der Waals surface area (Å²) in [4.78, 5) is 20.4. The lowest BCUT2D eigenvalue weighted by Crippen LogP contribution is -2.46. The molecule has 0 saturated carbocycles. The zero-order chi connectivity index (χ0) is 13.9. The lowest BCUT2D eigenvalue weighted by molar-refractivity contribution is 0.0702. The summed E-state index contributed by atoms with van der Waals surface area (Å²) < 4.78 is 0. The zero-order valence-electron chi connectivity index (χ0n) is 11.6. The Morgan fingerprint density at radius 2 is 1.85 bits per heavy atom. The van der Waals surface area contributed by atoms with Crippen molar-refractivity contribution in [2.24, 2.45) is 0 Å². The number of rotatable bonds is 2. The molecule has 1 aromatic heterocycles. The van der Waals surface area contributed by atoms with Gasteiger partial charge in [0.25, 0.3) is 5.91 Å². The number of hydrogen-bond donors (Lipinski definition) is 1. The summed E-state index contributed by atoms with van der Waals surface area (Å²) in [7, 11) is 0. The number of carbonyl (C=O) groups is 1. The van der Waals surface area contributed by atoms with Gasteiger partial charge < -0.3 is 10.0 Å². The quantitative estimate of drug-likeness (QED) is 0.865. The predicted octanol–water partition coefficient (Wildman–Crippen LogP) is 0.753. The number of β-amino-alcohol motifs (C(OH)–C–C–N with tert-alkyl or cyclic N) is 1. The minimum absolute atomic E-state index is 0.00837. The van der Waals surface area contributed by atoms with Gasteiger partial charge in [-0.05, 0) is 38.1 Å². The molecule has 0 spiro atoms. The minimum atomic E-state index is -0.432. The van der Waals surface area contributed by atoms with Gasteiger partial charge in [-0.15, -0.1) is 0 Å². The van der Waals surface area contributed by atoms with Crippen molar-refractivity contribution in [2.75, 3.05) is 26.2 Å². The summed E-state index contributed by atoms with van der Waals surface area (Å²) in [5, 5.41) is 10.3. The van der Waals surface area contributed by atoms with Crippen LogP contribution in [0.3, 0.4) is 0 Å². The number of carbonyl (C=O) groups excluding carboxylic acids is 1. The second kappa shape index (κ2) is 5.89. The number of pyridine rings is 1. The maximum Gasteiger partial charge on any atom is 0.254 e. The van der Waals surface area contributed by atoms with E-state index in [1.54, 1.807) is 29.4 Å². The fourth-order valence-electron chi connectivity index (χ4n) is 3.22. The van der Waals surface area contributed by atoms with E-state index in [0.29, 0.717) is 18.7 Å². The van der Waals surface area contributed by atoms with Crippen LogP contribution in [0.4, 0.5) is 0 Å². The van der Waals surface area contributed by atoms with Crippen LogP contribution in [0.2, 0.25) is 0 Å². The van der Waals surface area contributed by atoms with E-state index in [0.717, 1.165) is 13.1 Å². The average Bonchev–Trinajstić information content (AvgIpc) is 2.90. The van der Waals surface area contributed by atoms with Gasteiger partial charge in [0, 0.05) is 31.0 Å². The Bertz CT molecular complexity index is 459. The van der Waals surface area contributed by atoms with Crippen molar-refractivity contribution < 1.29 is 9.90 Å². The molecule has 0 bridgehead atoms. The number of aromatic nitrogens is 1. The van der Waals surface area contributed by atoms with Crippen molar-refractivity contribution in [3.8, 4) is 0 Å². The smallest absolute Gasteiger partial charge is 0.254 e. The summed E-state index contributed by atoms with van der Waals surface area (Å²) in [5.41, 5.74) is 0.645. The summed E-state index contributed by atoms with van der Waals surface area (Å²) in [5.74, 6) is -0.00837. The molecule has 1 amide bonds. The third kappa shape index (κ3) is 2.69. The first kappa shape index (κ1) is 13.5. The molecule has 108 valence electrons. The molecule has 5 nitrogen and oxygen atoms in total. The number of nitrogens with zero attached hydrogens (tertiary/aromatic N) is 3. The minimum Gasteiger partial charge on any atom is -0.390 e. The number of aliphatic hydroxyl groups is 1. The topological polar surface area (TPSA) is 56.7 Å². The van der Waals surface area contributed by atoms with Gasteiger partial charge in [-0.1, -0.05) is 6.42 Å². The Labute approximate surface area is 119 Å². The highest BCUT2D eigenvalue weighted by molar-refractivity contribution is 5.94. The first-order valence-electron chi connectivity index (χ1n) is 7.37. The van der Waals surface area contributed by atoms with Gasteiger partial charge >= 0.3 is 0 Å². The summed E-state index contributed by atoms with van der Waals surface area (Å²) in [6.07, 6.45) is 6.49. The lowest BCUT2D eigenvalue weighted by atomic mass is 10.1. The number of piperidine rings is 1. The summed E-state index contributed by atoms with van der Waals surface area (Å²) in [6, 6.07) is 3.55. The van der Waals surface area contributed by atoms with Crippen LogP contribution in [-0.2, 0) is 0 Å². The molecular weight excluding hydrogens is 254 g/mol. The van der Waals surface area contributed by atoms with Crippen molar-refractivity contribution >= 4 is 5.91 Å². The van der Waals surface area contributed by atoms with E-state index in [4.69, 9.17) is 0 Å². The first-order chi connectivity index (χ1) is 9.75. The molecule has 0 unspecified atom stereocenters. The molecule has 1 N–H and O–H groups in total. The van der Waals surface area contributed by atoms with Crippen LogP contribution in [0, 0.1) is 0 Å². The van der Waals surface area contributed by atoms with Gasteiger partial charge in [-0.2, -0.15) is 0 Å². The van der Waals surface area contributed by atoms with E-state index < -0.39 is 6.10 Å². The van der Waals surface area contributed by atoms with Gasteiger partial charge in [0.1, 0.15) is 0 Å². The number of amides is 1. The van der Waals surface area contributed by atoms with Crippen LogP contribution in [0.25, 0.3) is 0 Å². The van der Waals surface area contributed by atoms with Gasteiger partial charge in [-0.3, -0.25) is 14.7 Å². The molecule has 3 heterocycles. The van der Waals surface area contributed by atoms with Crippen molar-refractivity contribution in [3.63, 3.8) is 0 Å². The van der Waals surface area contributed by atoms with Crippen LogP contribution in [-0.4, -0.2) is 64.1 Å². The van der Waals surface area contributed by atoms with Crippen LogP contribution in [0.1, 0.15) is 29.6 Å². The van der Waals surface area contributed by atoms with Crippen molar-refractivity contribution in [2.45, 2.75) is 31.4 Å².